The summed E-state index contributed by atoms with van der Waals surface area (Å²) in [5.41, 5.74) is 1.36. The molecule has 2 fully saturated rings. The minimum Gasteiger partial charge on any atom is -0.384 e. The van der Waals surface area contributed by atoms with Gasteiger partial charge in [0.05, 0.1) is 18.8 Å². The molecule has 0 aromatic carbocycles. The van der Waals surface area contributed by atoms with Gasteiger partial charge >= 0.3 is 0 Å². The molecule has 1 aliphatic carbocycles. The molecule has 0 bridgehead atoms. The fraction of sp³-hybridized carbons (Fsp3) is 0.688. The van der Waals surface area contributed by atoms with Crippen molar-refractivity contribution in [3.8, 4) is 0 Å². The number of methoxy groups -OCH3 is 1. The Balaban J connectivity index is 1.67. The molecule has 1 aromatic rings. The van der Waals surface area contributed by atoms with Crippen LogP contribution in [0.5, 0.6) is 0 Å². The van der Waals surface area contributed by atoms with Gasteiger partial charge in [-0.25, -0.2) is 0 Å². The van der Waals surface area contributed by atoms with Gasteiger partial charge in [-0.3, -0.25) is 9.88 Å². The van der Waals surface area contributed by atoms with Crippen LogP contribution in [0.25, 0.3) is 0 Å². The number of nitrogens with zero attached hydrogens (tertiary/aromatic N) is 2. The van der Waals surface area contributed by atoms with E-state index in [0.29, 0.717) is 5.92 Å². The van der Waals surface area contributed by atoms with Crippen molar-refractivity contribution in [1.29, 1.82) is 0 Å². The molecule has 1 saturated carbocycles. The SMILES string of the molecule is COC[C@@H]1CCC[C@@]12CN(Cc1ccncc1)CCO2. The first-order chi connectivity index (χ1) is 9.82. The van der Waals surface area contributed by atoms with Crippen molar-refractivity contribution in [1.82, 2.24) is 9.88 Å². The maximum Gasteiger partial charge on any atom is 0.0859 e. The van der Waals surface area contributed by atoms with E-state index >= 15 is 0 Å². The smallest absolute Gasteiger partial charge is 0.0859 e. The number of hydrogen-bond acceptors (Lipinski definition) is 4. The second-order valence-corrected chi connectivity index (χ2v) is 6.02. The maximum atomic E-state index is 6.23. The molecule has 110 valence electrons. The molecular weight excluding hydrogens is 252 g/mol. The molecular formula is C16H24N2O2. The molecule has 2 heterocycles. The fourth-order valence-electron chi connectivity index (χ4n) is 3.71. The van der Waals surface area contributed by atoms with Gasteiger partial charge in [0.1, 0.15) is 0 Å². The molecule has 3 rings (SSSR count). The summed E-state index contributed by atoms with van der Waals surface area (Å²) in [6.07, 6.45) is 7.41. The van der Waals surface area contributed by atoms with E-state index in [4.69, 9.17) is 9.47 Å². The van der Waals surface area contributed by atoms with Crippen molar-refractivity contribution in [2.45, 2.75) is 31.4 Å². The molecule has 1 aliphatic heterocycles. The highest BCUT2D eigenvalue weighted by Crippen LogP contribution is 2.41. The van der Waals surface area contributed by atoms with Gasteiger partial charge in [0.25, 0.3) is 0 Å². The number of pyridine rings is 1. The highest BCUT2D eigenvalue weighted by atomic mass is 16.5. The zero-order valence-corrected chi connectivity index (χ0v) is 12.3. The summed E-state index contributed by atoms with van der Waals surface area (Å²) < 4.78 is 11.6. The van der Waals surface area contributed by atoms with Crippen LogP contribution in [0.1, 0.15) is 24.8 Å². The zero-order valence-electron chi connectivity index (χ0n) is 12.3. The van der Waals surface area contributed by atoms with E-state index in [-0.39, 0.29) is 5.60 Å². The first kappa shape index (κ1) is 14.0. The number of ether oxygens (including phenoxy) is 2. The Morgan fingerprint density at radius 3 is 3.10 bits per heavy atom. The molecule has 0 unspecified atom stereocenters. The summed E-state index contributed by atoms with van der Waals surface area (Å²) in [4.78, 5) is 6.61. The summed E-state index contributed by atoms with van der Waals surface area (Å²) in [6, 6.07) is 4.20. The standard InChI is InChI=1S/C16H24N2O2/c1-19-12-15-3-2-6-16(15)13-18(9-10-20-16)11-14-4-7-17-8-5-14/h4-5,7-8,15H,2-3,6,9-13H2,1H3/t15-,16+/m0/s1. The minimum atomic E-state index is 0.0291. The van der Waals surface area contributed by atoms with E-state index in [0.717, 1.165) is 32.8 Å². The highest BCUT2D eigenvalue weighted by molar-refractivity contribution is 5.10. The van der Waals surface area contributed by atoms with Crippen LogP contribution >= 0.6 is 0 Å². The summed E-state index contributed by atoms with van der Waals surface area (Å²) in [7, 11) is 1.80. The molecule has 0 radical (unpaired) electrons. The minimum absolute atomic E-state index is 0.0291. The summed E-state index contributed by atoms with van der Waals surface area (Å²) in [5.74, 6) is 0.549. The van der Waals surface area contributed by atoms with Gasteiger partial charge in [0.15, 0.2) is 0 Å². The Morgan fingerprint density at radius 2 is 2.30 bits per heavy atom. The van der Waals surface area contributed by atoms with Crippen LogP contribution in [0.15, 0.2) is 24.5 Å². The monoisotopic (exact) mass is 276 g/mol. The number of aromatic nitrogens is 1. The predicted molar refractivity (Wildman–Crippen MR) is 77.4 cm³/mol. The van der Waals surface area contributed by atoms with E-state index in [1.165, 1.54) is 24.8 Å². The van der Waals surface area contributed by atoms with Crippen molar-refractivity contribution < 1.29 is 9.47 Å². The van der Waals surface area contributed by atoms with E-state index in [1.54, 1.807) is 7.11 Å². The van der Waals surface area contributed by atoms with Crippen LogP contribution in [-0.2, 0) is 16.0 Å². The van der Waals surface area contributed by atoms with Gasteiger partial charge in [-0.15, -0.1) is 0 Å². The lowest BCUT2D eigenvalue weighted by Crippen LogP contribution is -2.54. The lowest BCUT2D eigenvalue weighted by molar-refractivity contribution is -0.141. The number of rotatable bonds is 4. The molecule has 1 saturated heterocycles. The number of hydrogen-bond donors (Lipinski definition) is 0. The summed E-state index contributed by atoms with van der Waals surface area (Å²) >= 11 is 0. The third kappa shape index (κ3) is 2.87. The molecule has 2 aliphatic rings. The van der Waals surface area contributed by atoms with Gasteiger partial charge in [-0.05, 0) is 30.5 Å². The third-order valence-corrected chi connectivity index (χ3v) is 4.71. The summed E-state index contributed by atoms with van der Waals surface area (Å²) in [5, 5.41) is 0. The molecule has 4 nitrogen and oxygen atoms in total. The van der Waals surface area contributed by atoms with Crippen LogP contribution in [0.2, 0.25) is 0 Å². The predicted octanol–water partition coefficient (Wildman–Crippen LogP) is 2.10. The fourth-order valence-corrected chi connectivity index (χ4v) is 3.71. The number of morpholine rings is 1. The van der Waals surface area contributed by atoms with Gasteiger partial charge < -0.3 is 9.47 Å². The van der Waals surface area contributed by atoms with Crippen molar-refractivity contribution in [3.63, 3.8) is 0 Å². The normalized spacial score (nSPS) is 30.9. The average molecular weight is 276 g/mol. The van der Waals surface area contributed by atoms with E-state index in [2.05, 4.69) is 22.0 Å². The molecule has 1 aromatic heterocycles. The Hall–Kier alpha value is -0.970. The van der Waals surface area contributed by atoms with Gasteiger partial charge in [-0.1, -0.05) is 6.42 Å². The van der Waals surface area contributed by atoms with Crippen LogP contribution in [0.4, 0.5) is 0 Å². The van der Waals surface area contributed by atoms with E-state index in [1.807, 2.05) is 12.4 Å². The van der Waals surface area contributed by atoms with Gasteiger partial charge in [-0.2, -0.15) is 0 Å². The Labute approximate surface area is 121 Å². The first-order valence-corrected chi connectivity index (χ1v) is 7.56. The van der Waals surface area contributed by atoms with Crippen LogP contribution in [0, 0.1) is 5.92 Å². The maximum absolute atomic E-state index is 6.23. The summed E-state index contributed by atoms with van der Waals surface area (Å²) in [6.45, 7) is 4.70. The topological polar surface area (TPSA) is 34.6 Å². The second-order valence-electron chi connectivity index (χ2n) is 6.02. The molecule has 1 spiro atoms. The van der Waals surface area contributed by atoms with Crippen molar-refractivity contribution in [2.24, 2.45) is 5.92 Å². The molecule has 4 heteroatoms. The molecule has 2 atom stereocenters. The Kier molecular flexibility index (Phi) is 4.34. The van der Waals surface area contributed by atoms with Crippen LogP contribution in [0.3, 0.4) is 0 Å². The molecule has 0 N–H and O–H groups in total. The van der Waals surface area contributed by atoms with E-state index in [9.17, 15) is 0 Å². The average Bonchev–Trinajstić information content (AvgIpc) is 2.83. The largest absolute Gasteiger partial charge is 0.384 e. The van der Waals surface area contributed by atoms with Crippen molar-refractivity contribution >= 4 is 0 Å². The van der Waals surface area contributed by atoms with Crippen molar-refractivity contribution in [2.75, 3.05) is 33.4 Å². The van der Waals surface area contributed by atoms with Gasteiger partial charge in [0.2, 0.25) is 0 Å². The van der Waals surface area contributed by atoms with Crippen LogP contribution in [-0.4, -0.2) is 48.9 Å². The third-order valence-electron chi connectivity index (χ3n) is 4.71. The quantitative estimate of drug-likeness (QED) is 0.843. The van der Waals surface area contributed by atoms with Gasteiger partial charge in [0, 0.05) is 45.1 Å². The van der Waals surface area contributed by atoms with E-state index < -0.39 is 0 Å². The van der Waals surface area contributed by atoms with Crippen molar-refractivity contribution in [3.05, 3.63) is 30.1 Å². The lowest BCUT2D eigenvalue weighted by Gasteiger charge is -2.44. The zero-order chi connectivity index (χ0) is 13.8. The van der Waals surface area contributed by atoms with Crippen LogP contribution < -0.4 is 0 Å². The lowest BCUT2D eigenvalue weighted by atomic mass is 9.89. The highest BCUT2D eigenvalue weighted by Gasteiger charge is 2.46. The molecule has 20 heavy (non-hydrogen) atoms. The first-order valence-electron chi connectivity index (χ1n) is 7.56. The molecule has 0 amide bonds. The second kappa shape index (κ2) is 6.20. The Morgan fingerprint density at radius 1 is 1.45 bits per heavy atom. The Bertz CT molecular complexity index is 426.